The summed E-state index contributed by atoms with van der Waals surface area (Å²) in [7, 11) is -1.82. The summed E-state index contributed by atoms with van der Waals surface area (Å²) in [4.78, 5) is 0.0540. The summed E-state index contributed by atoms with van der Waals surface area (Å²) in [6, 6.07) is -0.00148. The molecule has 0 aliphatic carbocycles. The maximum Gasteiger partial charge on any atom is 0.223 e. The SMILES string of the molecule is CCC(CSC)N(C)S(=O)(=O)C(CC)C(N)=S. The second-order valence-electron chi connectivity index (χ2n) is 3.88. The van der Waals surface area contributed by atoms with Crippen LogP contribution in [0.25, 0.3) is 0 Å². The van der Waals surface area contributed by atoms with Crippen LogP contribution in [-0.2, 0) is 10.0 Å². The van der Waals surface area contributed by atoms with Gasteiger partial charge < -0.3 is 5.73 Å². The van der Waals surface area contributed by atoms with Crippen LogP contribution in [0.2, 0.25) is 0 Å². The molecule has 0 aromatic heterocycles. The van der Waals surface area contributed by atoms with Crippen molar-refractivity contribution in [1.82, 2.24) is 4.31 Å². The van der Waals surface area contributed by atoms with E-state index >= 15 is 0 Å². The van der Waals surface area contributed by atoms with Gasteiger partial charge in [0.05, 0.1) is 4.99 Å². The number of nitrogens with zero attached hydrogens (tertiary/aromatic N) is 1. The normalized spacial score (nSPS) is 15.8. The Kier molecular flexibility index (Phi) is 7.62. The minimum absolute atomic E-state index is 0.00148. The van der Waals surface area contributed by atoms with E-state index in [0.717, 1.165) is 12.2 Å². The van der Waals surface area contributed by atoms with E-state index in [-0.39, 0.29) is 11.0 Å². The highest BCUT2D eigenvalue weighted by atomic mass is 32.2. The number of hydrogen-bond donors (Lipinski definition) is 1. The van der Waals surface area contributed by atoms with E-state index < -0.39 is 15.3 Å². The van der Waals surface area contributed by atoms with Gasteiger partial charge in [0, 0.05) is 18.8 Å². The van der Waals surface area contributed by atoms with Crippen LogP contribution in [0.5, 0.6) is 0 Å². The predicted octanol–water partition coefficient (Wildman–Crippen LogP) is 1.45. The van der Waals surface area contributed by atoms with Crippen molar-refractivity contribution in [3.63, 3.8) is 0 Å². The lowest BCUT2D eigenvalue weighted by molar-refractivity contribution is 0.382. The Morgan fingerprint density at radius 3 is 2.24 bits per heavy atom. The van der Waals surface area contributed by atoms with Gasteiger partial charge in [0.25, 0.3) is 0 Å². The van der Waals surface area contributed by atoms with Crippen LogP contribution in [0.3, 0.4) is 0 Å². The Morgan fingerprint density at radius 1 is 1.41 bits per heavy atom. The number of rotatable bonds is 8. The summed E-state index contributed by atoms with van der Waals surface area (Å²) < 4.78 is 26.1. The van der Waals surface area contributed by atoms with Crippen LogP contribution in [0.1, 0.15) is 26.7 Å². The smallest absolute Gasteiger partial charge is 0.223 e. The van der Waals surface area contributed by atoms with E-state index in [1.807, 2.05) is 13.2 Å². The highest BCUT2D eigenvalue weighted by Crippen LogP contribution is 2.18. The Labute approximate surface area is 114 Å². The first-order chi connectivity index (χ1) is 7.82. The lowest BCUT2D eigenvalue weighted by atomic mass is 10.3. The molecular formula is C10H22N2O2S3. The summed E-state index contributed by atoms with van der Waals surface area (Å²) in [5.74, 6) is 0.778. The van der Waals surface area contributed by atoms with E-state index in [2.05, 4.69) is 0 Å². The maximum absolute atomic E-state index is 12.3. The minimum Gasteiger partial charge on any atom is -0.392 e. The first kappa shape index (κ1) is 17.2. The zero-order chi connectivity index (χ0) is 13.6. The molecule has 0 saturated heterocycles. The molecular weight excluding hydrogens is 276 g/mol. The first-order valence-electron chi connectivity index (χ1n) is 5.57. The van der Waals surface area contributed by atoms with Crippen LogP contribution in [0.15, 0.2) is 0 Å². The molecule has 0 bridgehead atoms. The van der Waals surface area contributed by atoms with E-state index in [1.165, 1.54) is 4.31 Å². The average Bonchev–Trinajstić information content (AvgIpc) is 2.24. The molecule has 17 heavy (non-hydrogen) atoms. The average molecular weight is 298 g/mol. The van der Waals surface area contributed by atoms with E-state index in [9.17, 15) is 8.42 Å². The van der Waals surface area contributed by atoms with E-state index in [4.69, 9.17) is 18.0 Å². The van der Waals surface area contributed by atoms with Crippen molar-refractivity contribution in [2.45, 2.75) is 38.0 Å². The molecule has 0 rings (SSSR count). The van der Waals surface area contributed by atoms with Crippen molar-refractivity contribution in [2.24, 2.45) is 5.73 Å². The van der Waals surface area contributed by atoms with Crippen molar-refractivity contribution < 1.29 is 8.42 Å². The molecule has 0 spiro atoms. The number of hydrogen-bond acceptors (Lipinski definition) is 4. The highest BCUT2D eigenvalue weighted by molar-refractivity contribution is 7.98. The molecule has 0 fully saturated rings. The predicted molar refractivity (Wildman–Crippen MR) is 80.0 cm³/mol. The van der Waals surface area contributed by atoms with Gasteiger partial charge in [-0.05, 0) is 19.1 Å². The van der Waals surface area contributed by atoms with Gasteiger partial charge in [-0.1, -0.05) is 26.1 Å². The second kappa shape index (κ2) is 7.56. The van der Waals surface area contributed by atoms with Crippen molar-refractivity contribution in [3.8, 4) is 0 Å². The molecule has 0 amide bonds. The zero-order valence-electron chi connectivity index (χ0n) is 10.8. The topological polar surface area (TPSA) is 63.4 Å². The Hall–Kier alpha value is 0.150. The van der Waals surface area contributed by atoms with Gasteiger partial charge in [0.15, 0.2) is 0 Å². The molecule has 0 saturated carbocycles. The quantitative estimate of drug-likeness (QED) is 0.687. The van der Waals surface area contributed by atoms with Crippen LogP contribution in [0, 0.1) is 0 Å². The summed E-state index contributed by atoms with van der Waals surface area (Å²) in [6.45, 7) is 3.76. The second-order valence-corrected chi connectivity index (χ2v) is 7.43. The highest BCUT2D eigenvalue weighted by Gasteiger charge is 2.33. The Bertz CT molecular complexity index is 343. The molecule has 2 atom stereocenters. The van der Waals surface area contributed by atoms with Gasteiger partial charge in [-0.15, -0.1) is 0 Å². The van der Waals surface area contributed by atoms with Crippen molar-refractivity contribution >= 4 is 39.0 Å². The monoisotopic (exact) mass is 298 g/mol. The third-order valence-corrected chi connectivity index (χ3v) is 6.35. The van der Waals surface area contributed by atoms with Gasteiger partial charge in [-0.3, -0.25) is 0 Å². The molecule has 0 aromatic carbocycles. The molecule has 2 N–H and O–H groups in total. The van der Waals surface area contributed by atoms with Crippen LogP contribution < -0.4 is 5.73 Å². The van der Waals surface area contributed by atoms with E-state index in [0.29, 0.717) is 6.42 Å². The van der Waals surface area contributed by atoms with Crippen molar-refractivity contribution in [1.29, 1.82) is 0 Å². The maximum atomic E-state index is 12.3. The van der Waals surface area contributed by atoms with Gasteiger partial charge in [0.1, 0.15) is 5.25 Å². The number of thiocarbonyl (C=S) groups is 1. The fourth-order valence-corrected chi connectivity index (χ4v) is 4.86. The molecule has 7 heteroatoms. The van der Waals surface area contributed by atoms with Crippen molar-refractivity contribution in [3.05, 3.63) is 0 Å². The molecule has 102 valence electrons. The number of thioether (sulfide) groups is 1. The van der Waals surface area contributed by atoms with Crippen LogP contribution in [-0.4, -0.2) is 48.1 Å². The van der Waals surface area contributed by atoms with Gasteiger partial charge in [-0.25, -0.2) is 12.7 Å². The summed E-state index contributed by atoms with van der Waals surface area (Å²) in [5, 5.41) is -0.751. The standard InChI is InChI=1S/C10H22N2O2S3/c1-5-8(7-16-4)12(3)17(13,14)9(6-2)10(11)15/h8-9H,5-7H2,1-4H3,(H2,11,15). The fourth-order valence-electron chi connectivity index (χ4n) is 1.64. The third kappa shape index (κ3) is 4.39. The minimum atomic E-state index is -3.43. The number of sulfonamides is 1. The van der Waals surface area contributed by atoms with Gasteiger partial charge >= 0.3 is 0 Å². The summed E-state index contributed by atoms with van der Waals surface area (Å²) >= 11 is 6.47. The van der Waals surface area contributed by atoms with Crippen molar-refractivity contribution in [2.75, 3.05) is 19.1 Å². The van der Waals surface area contributed by atoms with Gasteiger partial charge in [-0.2, -0.15) is 11.8 Å². The van der Waals surface area contributed by atoms with Crippen LogP contribution in [0.4, 0.5) is 0 Å². The largest absolute Gasteiger partial charge is 0.392 e. The zero-order valence-corrected chi connectivity index (χ0v) is 13.3. The Morgan fingerprint density at radius 2 is 1.94 bits per heavy atom. The molecule has 4 nitrogen and oxygen atoms in total. The van der Waals surface area contributed by atoms with Crippen LogP contribution >= 0.6 is 24.0 Å². The summed E-state index contributed by atoms with van der Waals surface area (Å²) in [6.07, 6.45) is 3.16. The lowest BCUT2D eigenvalue weighted by Gasteiger charge is -2.29. The first-order valence-corrected chi connectivity index (χ1v) is 8.88. The molecule has 0 aliphatic heterocycles. The fraction of sp³-hybridized carbons (Fsp3) is 0.900. The number of nitrogens with two attached hydrogens (primary N) is 1. The summed E-state index contributed by atoms with van der Waals surface area (Å²) in [5.41, 5.74) is 5.51. The molecule has 0 heterocycles. The van der Waals surface area contributed by atoms with E-state index in [1.54, 1.807) is 25.7 Å². The molecule has 2 unspecified atom stereocenters. The third-order valence-electron chi connectivity index (χ3n) is 2.79. The molecule has 0 aliphatic rings. The Balaban J connectivity index is 5.08. The molecule has 0 aromatic rings. The van der Waals surface area contributed by atoms with Gasteiger partial charge in [0.2, 0.25) is 10.0 Å². The molecule has 0 radical (unpaired) electrons. The lowest BCUT2D eigenvalue weighted by Crippen LogP contribution is -2.47.